The van der Waals surface area contributed by atoms with Crippen LogP contribution in [0.5, 0.6) is 0 Å². The van der Waals surface area contributed by atoms with Crippen molar-refractivity contribution in [2.75, 3.05) is 0 Å². The zero-order valence-corrected chi connectivity index (χ0v) is 9.91. The fraction of sp³-hybridized carbons (Fsp3) is 0.643. The van der Waals surface area contributed by atoms with Crippen LogP contribution in [0.25, 0.3) is 9.69 Å². The Hall–Kier alpha value is -1.81. The maximum atomic E-state index is 12.3. The summed E-state index contributed by atoms with van der Waals surface area (Å²) in [5.41, 5.74) is -1.51. The van der Waals surface area contributed by atoms with E-state index in [-0.39, 0.29) is 19.1 Å². The van der Waals surface area contributed by atoms with Crippen LogP contribution in [0.15, 0.2) is 11.6 Å². The van der Waals surface area contributed by atoms with Crippen LogP contribution in [0.2, 0.25) is 0 Å². The van der Waals surface area contributed by atoms with Crippen LogP contribution in [-0.4, -0.2) is 5.78 Å². The maximum absolute atomic E-state index is 12.3. The van der Waals surface area contributed by atoms with Gasteiger partial charge in [-0.25, -0.2) is 0 Å². The van der Waals surface area contributed by atoms with Crippen molar-refractivity contribution in [3.63, 3.8) is 0 Å². The average molecular weight is 245 g/mol. The molecule has 0 aromatic rings. The second kappa shape index (κ2) is 4.14. The molecule has 2 atom stereocenters. The maximum Gasteiger partial charge on any atom is 0.508 e. The van der Waals surface area contributed by atoms with Crippen molar-refractivity contribution < 1.29 is 9.90 Å². The van der Waals surface area contributed by atoms with Crippen molar-refractivity contribution in [3.05, 3.63) is 34.4 Å². The number of allylic oxidation sites excluding steroid dienone is 1. The molecule has 18 heavy (non-hydrogen) atoms. The predicted octanol–water partition coefficient (Wildman–Crippen LogP) is 2.39. The van der Waals surface area contributed by atoms with E-state index in [9.17, 15) is 9.90 Å². The summed E-state index contributed by atoms with van der Waals surface area (Å²) >= 11 is 0. The fourth-order valence-electron chi connectivity index (χ4n) is 3.53. The molecule has 2 aliphatic rings. The summed E-state index contributed by atoms with van der Waals surface area (Å²) in [4.78, 5) is 18.1. The first-order valence-corrected chi connectivity index (χ1v) is 5.61. The molecule has 2 rings (SSSR count). The summed E-state index contributed by atoms with van der Waals surface area (Å²) in [6, 6.07) is 0. The molecule has 4 nitrogen and oxygen atoms in total. The molecule has 0 aromatic heterocycles. The summed E-state index contributed by atoms with van der Waals surface area (Å²) in [6.45, 7) is 17.6. The molecule has 0 aromatic carbocycles. The standard InChI is InChI=1S/C13H14N2O2.CH4/c1-12(2)8-5-6-13(12,9(16)7-8)10(17)11(14-3)15-4;/h8,17H,5-7H2,1-2H3;1H4/p-1. The Balaban J connectivity index is 0.00000162. The summed E-state index contributed by atoms with van der Waals surface area (Å²) in [5.74, 6) is -0.864. The monoisotopic (exact) mass is 245 g/mol. The molecule has 2 aliphatic carbocycles. The second-order valence-corrected chi connectivity index (χ2v) is 5.37. The first-order chi connectivity index (χ1) is 7.91. The lowest BCUT2D eigenvalue weighted by Crippen LogP contribution is -2.42. The zero-order valence-electron chi connectivity index (χ0n) is 9.91. The van der Waals surface area contributed by atoms with Crippen molar-refractivity contribution in [1.82, 2.24) is 0 Å². The molecule has 0 aliphatic heterocycles. The van der Waals surface area contributed by atoms with Crippen LogP contribution in [0.4, 0.5) is 0 Å². The Kier molecular flexibility index (Phi) is 3.28. The average Bonchev–Trinajstić information content (AvgIpc) is 2.64. The van der Waals surface area contributed by atoms with E-state index < -0.39 is 22.4 Å². The van der Waals surface area contributed by atoms with Crippen molar-refractivity contribution in [3.8, 4) is 0 Å². The van der Waals surface area contributed by atoms with Crippen molar-refractivity contribution >= 4 is 5.78 Å². The molecule has 0 spiro atoms. The number of nitrogens with zero attached hydrogens (tertiary/aromatic N) is 2. The van der Waals surface area contributed by atoms with Gasteiger partial charge in [0.25, 0.3) is 0 Å². The molecule has 96 valence electrons. The van der Waals surface area contributed by atoms with E-state index in [1.165, 1.54) is 0 Å². The normalized spacial score (nSPS) is 31.1. The zero-order chi connectivity index (χ0) is 12.8. The number of carbonyl (C=O) groups is 1. The number of hydrogen-bond donors (Lipinski definition) is 0. The Morgan fingerprint density at radius 1 is 1.39 bits per heavy atom. The van der Waals surface area contributed by atoms with Crippen LogP contribution in [-0.2, 0) is 4.79 Å². The molecule has 4 heteroatoms. The molecule has 0 saturated heterocycles. The minimum atomic E-state index is -1.10. The third kappa shape index (κ3) is 1.32. The van der Waals surface area contributed by atoms with Gasteiger partial charge in [0.1, 0.15) is 18.9 Å². The van der Waals surface area contributed by atoms with Crippen LogP contribution in [0.1, 0.15) is 40.5 Å². The summed E-state index contributed by atoms with van der Waals surface area (Å²) < 4.78 is 0. The lowest BCUT2D eigenvalue weighted by atomic mass is 9.67. The first kappa shape index (κ1) is 14.3. The minimum Gasteiger partial charge on any atom is -0.878 e. The van der Waals surface area contributed by atoms with E-state index in [1.807, 2.05) is 13.8 Å². The lowest BCUT2D eigenvalue weighted by molar-refractivity contribution is -0.328. The van der Waals surface area contributed by atoms with E-state index in [0.717, 1.165) is 6.42 Å². The van der Waals surface area contributed by atoms with Crippen LogP contribution in [0.3, 0.4) is 0 Å². The molecule has 2 bridgehead atoms. The third-order valence-corrected chi connectivity index (χ3v) is 4.70. The predicted molar refractivity (Wildman–Crippen MR) is 65.5 cm³/mol. The summed E-state index contributed by atoms with van der Waals surface area (Å²) in [5, 5.41) is 12.3. The molecular formula is C14H17N2O2-. The van der Waals surface area contributed by atoms with Gasteiger partial charge in [-0.3, -0.25) is 4.79 Å². The van der Waals surface area contributed by atoms with Gasteiger partial charge in [0.2, 0.25) is 0 Å². The van der Waals surface area contributed by atoms with Gasteiger partial charge in [0, 0.05) is 11.8 Å². The molecule has 2 unspecified atom stereocenters. The van der Waals surface area contributed by atoms with Crippen LogP contribution < -0.4 is 5.11 Å². The number of fused-ring (bicyclic) bond motifs is 2. The van der Waals surface area contributed by atoms with Gasteiger partial charge in [-0.2, -0.15) is 9.69 Å². The molecule has 0 heterocycles. The number of carbonyl (C=O) groups excluding carboxylic acids is 1. The minimum absolute atomic E-state index is 0. The Labute approximate surface area is 108 Å². The molecule has 0 N–H and O–H groups in total. The highest BCUT2D eigenvalue weighted by Gasteiger charge is 2.64. The smallest absolute Gasteiger partial charge is 0.508 e. The quantitative estimate of drug-likeness (QED) is 0.526. The van der Waals surface area contributed by atoms with Gasteiger partial charge in [-0.15, -0.1) is 0 Å². The number of rotatable bonds is 1. The Morgan fingerprint density at radius 3 is 2.28 bits per heavy atom. The lowest BCUT2D eigenvalue weighted by Gasteiger charge is -2.40. The molecule has 2 saturated carbocycles. The van der Waals surface area contributed by atoms with Gasteiger partial charge in [0.05, 0.1) is 0 Å². The van der Waals surface area contributed by atoms with Crippen LogP contribution >= 0.6 is 0 Å². The first-order valence-electron chi connectivity index (χ1n) is 5.61. The summed E-state index contributed by atoms with van der Waals surface area (Å²) in [6.07, 6.45) is 1.76. The van der Waals surface area contributed by atoms with E-state index in [2.05, 4.69) is 9.69 Å². The van der Waals surface area contributed by atoms with Gasteiger partial charge in [-0.05, 0) is 29.9 Å². The van der Waals surface area contributed by atoms with E-state index in [4.69, 9.17) is 13.1 Å². The Morgan fingerprint density at radius 2 is 1.94 bits per heavy atom. The highest BCUT2D eigenvalue weighted by atomic mass is 16.3. The van der Waals surface area contributed by atoms with E-state index in [1.54, 1.807) is 0 Å². The number of ketones is 1. The van der Waals surface area contributed by atoms with Gasteiger partial charge < -0.3 is 5.11 Å². The highest BCUT2D eigenvalue weighted by Crippen LogP contribution is 2.66. The van der Waals surface area contributed by atoms with E-state index >= 15 is 0 Å². The van der Waals surface area contributed by atoms with Gasteiger partial charge >= 0.3 is 5.82 Å². The van der Waals surface area contributed by atoms with Gasteiger partial charge in [-0.1, -0.05) is 21.3 Å². The molecular weight excluding hydrogens is 228 g/mol. The number of hydrogen-bond acceptors (Lipinski definition) is 2. The summed E-state index contributed by atoms with van der Waals surface area (Å²) in [7, 11) is 0. The fourth-order valence-corrected chi connectivity index (χ4v) is 3.53. The largest absolute Gasteiger partial charge is 0.878 e. The van der Waals surface area contributed by atoms with Crippen molar-refractivity contribution in [1.29, 1.82) is 0 Å². The van der Waals surface area contributed by atoms with Crippen LogP contribution in [0, 0.1) is 29.9 Å². The molecule has 2 fully saturated rings. The topological polar surface area (TPSA) is 48.9 Å². The van der Waals surface area contributed by atoms with Crippen molar-refractivity contribution in [2.24, 2.45) is 16.7 Å². The number of Topliss-reactive ketones (excluding diaryl/α,β-unsaturated/α-hetero) is 1. The molecule has 0 amide bonds. The Bertz CT molecular complexity index is 489. The third-order valence-electron chi connectivity index (χ3n) is 4.70. The SMILES string of the molecule is C.[C-]#[N+]C([N+]#[C-])=C([O-])C12CCC(CC1=O)C2(C)C. The highest BCUT2D eigenvalue weighted by molar-refractivity contribution is 5.92. The second-order valence-electron chi connectivity index (χ2n) is 5.37. The van der Waals surface area contributed by atoms with E-state index in [0.29, 0.717) is 12.8 Å². The van der Waals surface area contributed by atoms with Crippen molar-refractivity contribution in [2.45, 2.75) is 40.5 Å². The van der Waals surface area contributed by atoms with Gasteiger partial charge in [0.15, 0.2) is 0 Å². The molecule has 0 radical (unpaired) electrons.